The maximum Gasteiger partial charge on any atom is 0.220 e. The third-order valence-electron chi connectivity index (χ3n) is 8.16. The van der Waals surface area contributed by atoms with Crippen LogP contribution < -0.4 is 15.4 Å². The van der Waals surface area contributed by atoms with Gasteiger partial charge in [-0.05, 0) is 61.4 Å². The number of halogens is 2. The van der Waals surface area contributed by atoms with Gasteiger partial charge in [-0.1, -0.05) is 77.8 Å². The molecule has 6 nitrogen and oxygen atoms in total. The molecule has 1 fully saturated rings. The van der Waals surface area contributed by atoms with Gasteiger partial charge in [0, 0.05) is 44.6 Å². The van der Waals surface area contributed by atoms with Crippen LogP contribution in [0.2, 0.25) is 10.0 Å². The molecule has 2 unspecified atom stereocenters. The number of para-hydroxylation sites is 1. The standard InChI is InChI=1S/C33H39Cl2N3O3/c1-23(38-17-15-33(16-18-38,37-24(2)39)28-10-5-4-6-11-28)19-27(25-13-14-29(34)30(35)20-25)21-32(40)36-22-26-9-7-8-12-31(26)41-3/h4-14,20,23,27H,15-19,21-22H2,1-3H3,(H,36,40)(H,37,39). The number of piperidine rings is 1. The van der Waals surface area contributed by atoms with E-state index in [1.807, 2.05) is 54.6 Å². The number of methoxy groups -OCH3 is 1. The molecule has 0 bridgehead atoms. The Bertz CT molecular complexity index is 1330. The molecule has 0 spiro atoms. The third kappa shape index (κ3) is 8.03. The molecule has 2 amide bonds. The summed E-state index contributed by atoms with van der Waals surface area (Å²) in [7, 11) is 1.63. The topological polar surface area (TPSA) is 70.7 Å². The summed E-state index contributed by atoms with van der Waals surface area (Å²) in [6, 6.07) is 23.8. The van der Waals surface area contributed by atoms with Gasteiger partial charge >= 0.3 is 0 Å². The zero-order valence-corrected chi connectivity index (χ0v) is 25.5. The summed E-state index contributed by atoms with van der Waals surface area (Å²) < 4.78 is 5.43. The average Bonchev–Trinajstić information content (AvgIpc) is 2.97. The third-order valence-corrected chi connectivity index (χ3v) is 8.90. The maximum absolute atomic E-state index is 13.2. The minimum absolute atomic E-state index is 0.0193. The van der Waals surface area contributed by atoms with Crippen molar-refractivity contribution in [1.29, 1.82) is 0 Å². The highest BCUT2D eigenvalue weighted by atomic mass is 35.5. The van der Waals surface area contributed by atoms with Crippen molar-refractivity contribution in [2.45, 2.75) is 63.6 Å². The molecule has 4 rings (SSSR count). The first kappa shape index (κ1) is 30.9. The Labute approximate surface area is 253 Å². The van der Waals surface area contributed by atoms with E-state index in [-0.39, 0.29) is 29.3 Å². The predicted octanol–water partition coefficient (Wildman–Crippen LogP) is 6.70. The SMILES string of the molecule is COc1ccccc1CNC(=O)CC(CC(C)N1CCC(NC(C)=O)(c2ccccc2)CC1)c1ccc(Cl)c(Cl)c1. The number of nitrogens with one attached hydrogen (secondary N) is 2. The number of hydrogen-bond acceptors (Lipinski definition) is 4. The van der Waals surface area contributed by atoms with E-state index in [1.54, 1.807) is 20.1 Å². The van der Waals surface area contributed by atoms with Crippen molar-refractivity contribution < 1.29 is 14.3 Å². The fourth-order valence-electron chi connectivity index (χ4n) is 5.93. The van der Waals surface area contributed by atoms with Gasteiger partial charge in [0.2, 0.25) is 11.8 Å². The first-order valence-corrected chi connectivity index (χ1v) is 14.9. The molecule has 3 aromatic carbocycles. The van der Waals surface area contributed by atoms with E-state index in [1.165, 1.54) is 0 Å². The Morgan fingerprint density at radius 2 is 1.66 bits per heavy atom. The lowest BCUT2D eigenvalue weighted by Crippen LogP contribution is -2.54. The van der Waals surface area contributed by atoms with Crippen molar-refractivity contribution in [2.75, 3.05) is 20.2 Å². The van der Waals surface area contributed by atoms with E-state index in [0.29, 0.717) is 23.0 Å². The zero-order valence-electron chi connectivity index (χ0n) is 24.0. The minimum atomic E-state index is -0.370. The van der Waals surface area contributed by atoms with E-state index in [9.17, 15) is 9.59 Å². The normalized spacial score (nSPS) is 16.4. The molecule has 0 saturated carbocycles. The Balaban J connectivity index is 1.45. The van der Waals surface area contributed by atoms with E-state index >= 15 is 0 Å². The second kappa shape index (κ2) is 14.2. The molecule has 218 valence electrons. The second-order valence-electron chi connectivity index (χ2n) is 10.9. The van der Waals surface area contributed by atoms with Gasteiger partial charge in [-0.25, -0.2) is 0 Å². The van der Waals surface area contributed by atoms with Crippen LogP contribution in [-0.2, 0) is 21.7 Å². The monoisotopic (exact) mass is 595 g/mol. The van der Waals surface area contributed by atoms with Crippen LogP contribution in [0.4, 0.5) is 0 Å². The molecule has 41 heavy (non-hydrogen) atoms. The molecule has 1 aliphatic rings. The van der Waals surface area contributed by atoms with Crippen LogP contribution in [0.25, 0.3) is 0 Å². The number of carbonyl (C=O) groups excluding carboxylic acids is 2. The van der Waals surface area contributed by atoms with Crippen LogP contribution in [0.1, 0.15) is 62.1 Å². The lowest BCUT2D eigenvalue weighted by atomic mass is 9.80. The highest BCUT2D eigenvalue weighted by molar-refractivity contribution is 6.42. The Kier molecular flexibility index (Phi) is 10.7. The summed E-state index contributed by atoms with van der Waals surface area (Å²) in [6.45, 7) is 5.86. The van der Waals surface area contributed by atoms with Gasteiger partial charge in [-0.15, -0.1) is 0 Å². The number of benzene rings is 3. The van der Waals surface area contributed by atoms with Gasteiger partial charge in [-0.2, -0.15) is 0 Å². The van der Waals surface area contributed by atoms with Gasteiger partial charge in [-0.3, -0.25) is 9.59 Å². The molecule has 0 aliphatic carbocycles. The number of likely N-dealkylation sites (tertiary alicyclic amines) is 1. The molecule has 8 heteroatoms. The zero-order chi connectivity index (χ0) is 29.4. The largest absolute Gasteiger partial charge is 0.496 e. The highest BCUT2D eigenvalue weighted by Gasteiger charge is 2.38. The van der Waals surface area contributed by atoms with Crippen molar-refractivity contribution in [2.24, 2.45) is 0 Å². The van der Waals surface area contributed by atoms with E-state index in [2.05, 4.69) is 34.6 Å². The summed E-state index contributed by atoms with van der Waals surface area (Å²) in [5, 5.41) is 7.30. The quantitative estimate of drug-likeness (QED) is 0.259. The fourth-order valence-corrected chi connectivity index (χ4v) is 6.24. The molecule has 1 aliphatic heterocycles. The van der Waals surface area contributed by atoms with Crippen molar-refractivity contribution >= 4 is 35.0 Å². The Morgan fingerprint density at radius 1 is 0.976 bits per heavy atom. The first-order valence-electron chi connectivity index (χ1n) is 14.1. The van der Waals surface area contributed by atoms with E-state index in [0.717, 1.165) is 54.8 Å². The van der Waals surface area contributed by atoms with Crippen molar-refractivity contribution in [3.8, 4) is 5.75 Å². The average molecular weight is 597 g/mol. The van der Waals surface area contributed by atoms with E-state index in [4.69, 9.17) is 27.9 Å². The summed E-state index contributed by atoms with van der Waals surface area (Å²) in [6.07, 6.45) is 2.74. The van der Waals surface area contributed by atoms with Crippen LogP contribution in [0.15, 0.2) is 72.8 Å². The van der Waals surface area contributed by atoms with Crippen molar-refractivity contribution in [3.05, 3.63) is 99.5 Å². The number of nitrogens with zero attached hydrogens (tertiary/aromatic N) is 1. The summed E-state index contributed by atoms with van der Waals surface area (Å²) in [5.41, 5.74) is 2.69. The van der Waals surface area contributed by atoms with Crippen LogP contribution in [0, 0.1) is 0 Å². The molecule has 1 heterocycles. The van der Waals surface area contributed by atoms with Gasteiger partial charge in [0.1, 0.15) is 5.75 Å². The van der Waals surface area contributed by atoms with Crippen molar-refractivity contribution in [1.82, 2.24) is 15.5 Å². The summed E-state index contributed by atoms with van der Waals surface area (Å²) >= 11 is 12.6. The highest BCUT2D eigenvalue weighted by Crippen LogP contribution is 2.36. The van der Waals surface area contributed by atoms with Crippen LogP contribution >= 0.6 is 23.2 Å². The van der Waals surface area contributed by atoms with Crippen LogP contribution in [0.5, 0.6) is 5.75 Å². The van der Waals surface area contributed by atoms with Crippen LogP contribution in [0.3, 0.4) is 0 Å². The minimum Gasteiger partial charge on any atom is -0.496 e. The first-order chi connectivity index (χ1) is 19.7. The maximum atomic E-state index is 13.2. The predicted molar refractivity (Wildman–Crippen MR) is 165 cm³/mol. The van der Waals surface area contributed by atoms with Gasteiger partial charge < -0.3 is 20.3 Å². The molecule has 0 aromatic heterocycles. The molecule has 3 aromatic rings. The summed E-state index contributed by atoms with van der Waals surface area (Å²) in [5.74, 6) is 0.646. The summed E-state index contributed by atoms with van der Waals surface area (Å²) in [4.78, 5) is 27.8. The molecular weight excluding hydrogens is 557 g/mol. The number of amides is 2. The van der Waals surface area contributed by atoms with Crippen molar-refractivity contribution in [3.63, 3.8) is 0 Å². The lowest BCUT2D eigenvalue weighted by Gasteiger charge is -2.45. The Morgan fingerprint density at radius 3 is 2.32 bits per heavy atom. The number of ether oxygens (including phenoxy) is 1. The molecular formula is C33H39Cl2N3O3. The number of carbonyl (C=O) groups is 2. The number of hydrogen-bond donors (Lipinski definition) is 2. The fraction of sp³-hybridized carbons (Fsp3) is 0.394. The smallest absolute Gasteiger partial charge is 0.220 e. The molecule has 2 atom stereocenters. The second-order valence-corrected chi connectivity index (χ2v) is 11.7. The van der Waals surface area contributed by atoms with Crippen LogP contribution in [-0.4, -0.2) is 43.0 Å². The van der Waals surface area contributed by atoms with Gasteiger partial charge in [0.05, 0.1) is 22.7 Å². The molecule has 0 radical (unpaired) electrons. The van der Waals surface area contributed by atoms with E-state index < -0.39 is 0 Å². The Hall–Kier alpha value is -3.06. The van der Waals surface area contributed by atoms with Gasteiger partial charge in [0.25, 0.3) is 0 Å². The number of rotatable bonds is 11. The molecule has 1 saturated heterocycles. The lowest BCUT2D eigenvalue weighted by molar-refractivity contribution is -0.122. The molecule has 2 N–H and O–H groups in total. The van der Waals surface area contributed by atoms with Gasteiger partial charge in [0.15, 0.2) is 0 Å².